The van der Waals surface area contributed by atoms with Crippen LogP contribution in [0, 0.1) is 18.8 Å². The Hall–Kier alpha value is -0.860. The van der Waals surface area contributed by atoms with E-state index < -0.39 is 0 Å². The number of hydrogen-bond acceptors (Lipinski definition) is 2. The van der Waals surface area contributed by atoms with Crippen molar-refractivity contribution in [1.29, 1.82) is 0 Å². The average Bonchev–Trinajstić information content (AvgIpc) is 2.29. The third-order valence-corrected chi connectivity index (χ3v) is 3.47. The van der Waals surface area contributed by atoms with Gasteiger partial charge in [-0.1, -0.05) is 50.6 Å². The van der Waals surface area contributed by atoms with E-state index in [2.05, 4.69) is 57.3 Å². The fraction of sp³-hybridized carbons (Fsp3) is 0.600. The Labute approximate surface area is 106 Å². The molecule has 0 bridgehead atoms. The molecular weight excluding hydrogens is 208 g/mol. The molecule has 2 heteroatoms. The smallest absolute Gasteiger partial charge is 0.0421 e. The highest BCUT2D eigenvalue weighted by Crippen LogP contribution is 2.11. The third kappa shape index (κ3) is 4.88. The first-order valence-corrected chi connectivity index (χ1v) is 6.53. The van der Waals surface area contributed by atoms with Crippen LogP contribution in [0.2, 0.25) is 0 Å². The van der Waals surface area contributed by atoms with Gasteiger partial charge in [0.05, 0.1) is 0 Å². The molecule has 1 aromatic carbocycles. The Kier molecular flexibility index (Phi) is 5.66. The molecule has 0 aliphatic rings. The molecule has 0 saturated carbocycles. The molecule has 0 heterocycles. The first kappa shape index (κ1) is 14.2. The van der Waals surface area contributed by atoms with Crippen LogP contribution < -0.4 is 11.1 Å². The molecule has 0 fully saturated rings. The summed E-state index contributed by atoms with van der Waals surface area (Å²) in [5, 5.41) is 3.45. The number of benzene rings is 1. The standard InChI is InChI=1S/C15H26N2/c1-11(2)13(4)9-17-10-15(16)14-7-5-12(3)6-8-14/h5-8,11,13,15,17H,9-10,16H2,1-4H3. The Morgan fingerprint density at radius 1 is 1.06 bits per heavy atom. The number of nitrogens with two attached hydrogens (primary N) is 1. The molecule has 2 atom stereocenters. The van der Waals surface area contributed by atoms with Crippen LogP contribution in [-0.2, 0) is 0 Å². The van der Waals surface area contributed by atoms with Gasteiger partial charge >= 0.3 is 0 Å². The van der Waals surface area contributed by atoms with Crippen molar-refractivity contribution in [3.8, 4) is 0 Å². The lowest BCUT2D eigenvalue weighted by Crippen LogP contribution is -2.31. The summed E-state index contributed by atoms with van der Waals surface area (Å²) in [6.07, 6.45) is 0. The lowest BCUT2D eigenvalue weighted by Gasteiger charge is -2.18. The molecule has 1 rings (SSSR count). The van der Waals surface area contributed by atoms with E-state index in [4.69, 9.17) is 5.73 Å². The molecule has 0 aliphatic carbocycles. The summed E-state index contributed by atoms with van der Waals surface area (Å²) >= 11 is 0. The van der Waals surface area contributed by atoms with Crippen LogP contribution in [0.15, 0.2) is 24.3 Å². The van der Waals surface area contributed by atoms with E-state index in [1.165, 1.54) is 11.1 Å². The highest BCUT2D eigenvalue weighted by Gasteiger charge is 2.08. The Bertz CT molecular complexity index is 316. The van der Waals surface area contributed by atoms with Crippen LogP contribution in [0.4, 0.5) is 0 Å². The molecular formula is C15H26N2. The van der Waals surface area contributed by atoms with Gasteiger partial charge in [-0.25, -0.2) is 0 Å². The molecule has 0 spiro atoms. The van der Waals surface area contributed by atoms with E-state index in [-0.39, 0.29) is 6.04 Å². The predicted octanol–water partition coefficient (Wildman–Crippen LogP) is 2.88. The van der Waals surface area contributed by atoms with Gasteiger partial charge in [0.2, 0.25) is 0 Å². The molecule has 0 aromatic heterocycles. The normalized spacial score (nSPS) is 14.9. The molecule has 0 radical (unpaired) electrons. The van der Waals surface area contributed by atoms with Crippen LogP contribution in [0.3, 0.4) is 0 Å². The molecule has 0 aliphatic heterocycles. The second-order valence-electron chi connectivity index (χ2n) is 5.40. The Morgan fingerprint density at radius 3 is 2.18 bits per heavy atom. The zero-order valence-electron chi connectivity index (χ0n) is 11.5. The SMILES string of the molecule is Cc1ccc(C(N)CNCC(C)C(C)C)cc1. The van der Waals surface area contributed by atoms with Crippen LogP contribution in [0.25, 0.3) is 0 Å². The minimum atomic E-state index is 0.0926. The van der Waals surface area contributed by atoms with Gasteiger partial charge in [-0.15, -0.1) is 0 Å². The second-order valence-corrected chi connectivity index (χ2v) is 5.40. The Morgan fingerprint density at radius 2 is 1.65 bits per heavy atom. The topological polar surface area (TPSA) is 38.0 Å². The molecule has 17 heavy (non-hydrogen) atoms. The van der Waals surface area contributed by atoms with Crippen molar-refractivity contribution in [2.75, 3.05) is 13.1 Å². The summed E-state index contributed by atoms with van der Waals surface area (Å²) in [4.78, 5) is 0. The first-order valence-electron chi connectivity index (χ1n) is 6.53. The molecule has 2 nitrogen and oxygen atoms in total. The van der Waals surface area contributed by atoms with E-state index in [1.807, 2.05) is 0 Å². The lowest BCUT2D eigenvalue weighted by molar-refractivity contribution is 0.388. The summed E-state index contributed by atoms with van der Waals surface area (Å²) in [7, 11) is 0. The van der Waals surface area contributed by atoms with Crippen molar-refractivity contribution in [3.05, 3.63) is 35.4 Å². The maximum absolute atomic E-state index is 6.14. The summed E-state index contributed by atoms with van der Waals surface area (Å²) in [6.45, 7) is 10.8. The van der Waals surface area contributed by atoms with Gasteiger partial charge in [-0.3, -0.25) is 0 Å². The van der Waals surface area contributed by atoms with Crippen LogP contribution >= 0.6 is 0 Å². The molecule has 0 amide bonds. The van der Waals surface area contributed by atoms with Crippen LogP contribution in [0.5, 0.6) is 0 Å². The van der Waals surface area contributed by atoms with Gasteiger partial charge in [0.1, 0.15) is 0 Å². The third-order valence-electron chi connectivity index (χ3n) is 3.47. The van der Waals surface area contributed by atoms with Gasteiger partial charge < -0.3 is 11.1 Å². The summed E-state index contributed by atoms with van der Waals surface area (Å²) in [5.74, 6) is 1.42. The van der Waals surface area contributed by atoms with Crippen molar-refractivity contribution >= 4 is 0 Å². The highest BCUT2D eigenvalue weighted by atomic mass is 14.9. The predicted molar refractivity (Wildman–Crippen MR) is 75.0 cm³/mol. The average molecular weight is 234 g/mol. The number of hydrogen-bond donors (Lipinski definition) is 2. The first-order chi connectivity index (χ1) is 8.00. The number of aryl methyl sites for hydroxylation is 1. The zero-order valence-corrected chi connectivity index (χ0v) is 11.5. The van der Waals surface area contributed by atoms with Crippen molar-refractivity contribution in [1.82, 2.24) is 5.32 Å². The second kappa shape index (κ2) is 6.77. The van der Waals surface area contributed by atoms with Crippen molar-refractivity contribution in [2.24, 2.45) is 17.6 Å². The summed E-state index contributed by atoms with van der Waals surface area (Å²) in [6, 6.07) is 8.56. The fourth-order valence-corrected chi connectivity index (χ4v) is 1.63. The van der Waals surface area contributed by atoms with E-state index in [9.17, 15) is 0 Å². The number of rotatable bonds is 6. The highest BCUT2D eigenvalue weighted by molar-refractivity contribution is 5.23. The molecule has 0 saturated heterocycles. The fourth-order valence-electron chi connectivity index (χ4n) is 1.63. The van der Waals surface area contributed by atoms with Gasteiger partial charge in [0.15, 0.2) is 0 Å². The summed E-state index contributed by atoms with van der Waals surface area (Å²) < 4.78 is 0. The quantitative estimate of drug-likeness (QED) is 0.794. The van der Waals surface area contributed by atoms with Gasteiger partial charge in [0.25, 0.3) is 0 Å². The lowest BCUT2D eigenvalue weighted by atomic mass is 9.98. The number of nitrogens with one attached hydrogen (secondary N) is 1. The monoisotopic (exact) mass is 234 g/mol. The van der Waals surface area contributed by atoms with E-state index in [1.54, 1.807) is 0 Å². The Balaban J connectivity index is 2.34. The molecule has 2 unspecified atom stereocenters. The summed E-state index contributed by atoms with van der Waals surface area (Å²) in [5.41, 5.74) is 8.63. The maximum atomic E-state index is 6.14. The van der Waals surface area contributed by atoms with Gasteiger partial charge in [-0.05, 0) is 30.9 Å². The van der Waals surface area contributed by atoms with Crippen LogP contribution in [0.1, 0.15) is 37.9 Å². The van der Waals surface area contributed by atoms with E-state index in [0.29, 0.717) is 5.92 Å². The van der Waals surface area contributed by atoms with Crippen molar-refractivity contribution in [2.45, 2.75) is 33.7 Å². The molecule has 1 aromatic rings. The largest absolute Gasteiger partial charge is 0.323 e. The van der Waals surface area contributed by atoms with Gasteiger partial charge in [-0.2, -0.15) is 0 Å². The van der Waals surface area contributed by atoms with E-state index >= 15 is 0 Å². The van der Waals surface area contributed by atoms with E-state index in [0.717, 1.165) is 19.0 Å². The van der Waals surface area contributed by atoms with Crippen LogP contribution in [-0.4, -0.2) is 13.1 Å². The van der Waals surface area contributed by atoms with Gasteiger partial charge in [0, 0.05) is 12.6 Å². The minimum Gasteiger partial charge on any atom is -0.323 e. The molecule has 96 valence electrons. The zero-order chi connectivity index (χ0) is 12.8. The molecule has 3 N–H and O–H groups in total. The minimum absolute atomic E-state index is 0.0926. The van der Waals surface area contributed by atoms with Crippen molar-refractivity contribution < 1.29 is 0 Å². The van der Waals surface area contributed by atoms with Crippen molar-refractivity contribution in [3.63, 3.8) is 0 Å². The maximum Gasteiger partial charge on any atom is 0.0421 e.